The first-order valence-electron chi connectivity index (χ1n) is 13.3. The molecule has 7 nitrogen and oxygen atoms in total. The molecule has 3 aromatic rings. The Hall–Kier alpha value is -3.09. The predicted octanol–water partition coefficient (Wildman–Crippen LogP) is 5.10. The molecule has 2 aromatic heterocycles. The molecule has 2 fully saturated rings. The minimum absolute atomic E-state index is 0.0481. The summed E-state index contributed by atoms with van der Waals surface area (Å²) >= 11 is 0. The number of aryl methyl sites for hydroxylation is 3. The number of benzene rings is 1. The summed E-state index contributed by atoms with van der Waals surface area (Å²) < 4.78 is 7.94. The number of cyclic esters (lactones) is 1. The van der Waals surface area contributed by atoms with Gasteiger partial charge < -0.3 is 4.74 Å². The van der Waals surface area contributed by atoms with E-state index in [4.69, 9.17) is 4.74 Å². The van der Waals surface area contributed by atoms with Crippen LogP contribution in [0.5, 0.6) is 0 Å². The summed E-state index contributed by atoms with van der Waals surface area (Å²) in [5.74, 6) is 0.339. The molecule has 3 heterocycles. The minimum Gasteiger partial charge on any atom is -0.458 e. The Balaban J connectivity index is 1.34. The Kier molecular flexibility index (Phi) is 6.66. The zero-order valence-corrected chi connectivity index (χ0v) is 21.8. The maximum Gasteiger partial charge on any atom is 0.317 e. The van der Waals surface area contributed by atoms with Gasteiger partial charge in [0, 0.05) is 24.2 Å². The van der Waals surface area contributed by atoms with Gasteiger partial charge in [-0.1, -0.05) is 51.0 Å². The number of rotatable bonds is 7. The van der Waals surface area contributed by atoms with Gasteiger partial charge in [0.15, 0.2) is 11.6 Å². The lowest BCUT2D eigenvalue weighted by Crippen LogP contribution is -2.52. The topological polar surface area (TPSA) is 86.5 Å². The molecule has 0 N–H and O–H groups in total. The molecular weight excluding hydrogens is 452 g/mol. The number of hydrogen-bond donors (Lipinski definition) is 0. The lowest BCUT2D eigenvalue weighted by Gasteiger charge is -2.43. The van der Waals surface area contributed by atoms with Crippen LogP contribution in [-0.2, 0) is 27.2 Å². The van der Waals surface area contributed by atoms with Crippen LogP contribution < -0.4 is 0 Å². The Labute approximate surface area is 212 Å². The van der Waals surface area contributed by atoms with E-state index in [1.807, 2.05) is 19.9 Å². The lowest BCUT2D eigenvalue weighted by molar-refractivity contribution is -0.185. The Morgan fingerprint density at radius 1 is 1.08 bits per heavy atom. The molecule has 1 aliphatic carbocycles. The van der Waals surface area contributed by atoms with Gasteiger partial charge in [-0.25, -0.2) is 9.50 Å². The van der Waals surface area contributed by atoms with Crippen molar-refractivity contribution in [3.63, 3.8) is 0 Å². The highest BCUT2D eigenvalue weighted by atomic mass is 16.6. The molecule has 7 heteroatoms. The molecule has 2 unspecified atom stereocenters. The van der Waals surface area contributed by atoms with Crippen LogP contribution in [0.3, 0.4) is 0 Å². The van der Waals surface area contributed by atoms with Gasteiger partial charge in [-0.15, -0.1) is 5.10 Å². The monoisotopic (exact) mass is 488 g/mol. The fraction of sp³-hybridized carbons (Fsp3) is 0.552. The molecule has 0 bridgehead atoms. The van der Waals surface area contributed by atoms with Crippen molar-refractivity contribution in [2.75, 3.05) is 0 Å². The van der Waals surface area contributed by atoms with Gasteiger partial charge in [0.2, 0.25) is 0 Å². The largest absolute Gasteiger partial charge is 0.458 e. The van der Waals surface area contributed by atoms with Crippen LogP contribution in [0.15, 0.2) is 30.3 Å². The third kappa shape index (κ3) is 4.80. The van der Waals surface area contributed by atoms with Gasteiger partial charge >= 0.3 is 5.97 Å². The molecule has 0 spiro atoms. The maximum absolute atomic E-state index is 13.5. The van der Waals surface area contributed by atoms with Crippen molar-refractivity contribution in [3.8, 4) is 0 Å². The van der Waals surface area contributed by atoms with Crippen LogP contribution in [0.4, 0.5) is 0 Å². The summed E-state index contributed by atoms with van der Waals surface area (Å²) in [6.45, 7) is 8.22. The van der Waals surface area contributed by atoms with E-state index in [9.17, 15) is 9.59 Å². The minimum atomic E-state index is -0.858. The fourth-order valence-corrected chi connectivity index (χ4v) is 5.98. The Morgan fingerprint density at radius 2 is 1.81 bits per heavy atom. The molecule has 36 heavy (non-hydrogen) atoms. The van der Waals surface area contributed by atoms with Crippen LogP contribution in [0, 0.1) is 25.7 Å². The second-order valence-electron chi connectivity index (χ2n) is 11.0. The normalized spacial score (nSPS) is 23.1. The standard InChI is InChI=1S/C29H36N4O3/c1-18(2)22-11-9-21(10-12-22)13-14-29(23-7-5-6-8-23)17-25(34)24(27(35)36-29)16-26-31-28-30-19(3)15-20(4)33(28)32-26/h9-12,15,18,23-24H,5-8,13-14,16-17H2,1-4H3. The van der Waals surface area contributed by atoms with Gasteiger partial charge in [-0.2, -0.15) is 4.98 Å². The Morgan fingerprint density at radius 3 is 2.47 bits per heavy atom. The van der Waals surface area contributed by atoms with Gasteiger partial charge in [-0.3, -0.25) is 9.59 Å². The summed E-state index contributed by atoms with van der Waals surface area (Å²) in [6, 6.07) is 10.6. The van der Waals surface area contributed by atoms with Crippen LogP contribution in [0.1, 0.15) is 86.6 Å². The molecule has 2 aliphatic rings. The summed E-state index contributed by atoms with van der Waals surface area (Å²) in [5.41, 5.74) is 3.59. The summed E-state index contributed by atoms with van der Waals surface area (Å²) in [6.07, 6.45) is 6.17. The van der Waals surface area contributed by atoms with Gasteiger partial charge in [-0.05, 0) is 68.6 Å². The molecule has 1 saturated carbocycles. The van der Waals surface area contributed by atoms with Crippen LogP contribution in [0.25, 0.3) is 5.78 Å². The van der Waals surface area contributed by atoms with Crippen LogP contribution in [0.2, 0.25) is 0 Å². The van der Waals surface area contributed by atoms with Gasteiger partial charge in [0.1, 0.15) is 11.5 Å². The summed E-state index contributed by atoms with van der Waals surface area (Å²) in [5, 5.41) is 4.51. The predicted molar refractivity (Wildman–Crippen MR) is 137 cm³/mol. The first-order chi connectivity index (χ1) is 17.2. The number of fused-ring (bicyclic) bond motifs is 1. The first-order valence-corrected chi connectivity index (χ1v) is 13.3. The van der Waals surface area contributed by atoms with Crippen molar-refractivity contribution in [2.45, 2.75) is 90.6 Å². The first kappa shape index (κ1) is 24.6. The average Bonchev–Trinajstić information content (AvgIpc) is 3.51. The highest BCUT2D eigenvalue weighted by molar-refractivity contribution is 6.01. The zero-order chi connectivity index (χ0) is 25.4. The molecular formula is C29H36N4O3. The highest BCUT2D eigenvalue weighted by Crippen LogP contribution is 2.45. The van der Waals surface area contributed by atoms with Crippen molar-refractivity contribution >= 4 is 17.5 Å². The second-order valence-corrected chi connectivity index (χ2v) is 11.0. The molecule has 0 amide bonds. The molecule has 1 aliphatic heterocycles. The smallest absolute Gasteiger partial charge is 0.317 e. The van der Waals surface area contributed by atoms with E-state index in [1.165, 1.54) is 11.1 Å². The number of ether oxygens (including phenoxy) is 1. The van der Waals surface area contributed by atoms with Gasteiger partial charge in [0.05, 0.1) is 0 Å². The summed E-state index contributed by atoms with van der Waals surface area (Å²) in [4.78, 5) is 35.7. The van der Waals surface area contributed by atoms with Crippen molar-refractivity contribution in [2.24, 2.45) is 11.8 Å². The fourth-order valence-electron chi connectivity index (χ4n) is 5.98. The summed E-state index contributed by atoms with van der Waals surface area (Å²) in [7, 11) is 0. The number of aromatic nitrogens is 4. The third-order valence-corrected chi connectivity index (χ3v) is 8.08. The van der Waals surface area contributed by atoms with E-state index in [0.29, 0.717) is 23.9 Å². The SMILES string of the molecule is Cc1cc(C)n2nc(CC3C(=O)CC(CCc4ccc(C(C)C)cc4)(C4CCCC4)OC3=O)nc2n1. The van der Waals surface area contributed by atoms with E-state index < -0.39 is 17.5 Å². The van der Waals surface area contributed by atoms with Crippen molar-refractivity contribution in [1.29, 1.82) is 0 Å². The number of Topliss-reactive ketones (excluding diaryl/α,β-unsaturated/α-hetero) is 1. The lowest BCUT2D eigenvalue weighted by atomic mass is 9.73. The Bertz CT molecular complexity index is 1250. The van der Waals surface area contributed by atoms with Gasteiger partial charge in [0.25, 0.3) is 5.78 Å². The van der Waals surface area contributed by atoms with Crippen LogP contribution in [-0.4, -0.2) is 36.9 Å². The molecule has 1 saturated heterocycles. The zero-order valence-electron chi connectivity index (χ0n) is 21.8. The van der Waals surface area contributed by atoms with Crippen molar-refractivity contribution < 1.29 is 14.3 Å². The number of carbonyl (C=O) groups is 2. The number of ketones is 1. The molecule has 1 aromatic carbocycles. The third-order valence-electron chi connectivity index (χ3n) is 8.08. The molecule has 5 rings (SSSR count). The number of carbonyl (C=O) groups excluding carboxylic acids is 2. The van der Waals surface area contributed by atoms with E-state index >= 15 is 0 Å². The van der Waals surface area contributed by atoms with E-state index in [2.05, 4.69) is 53.2 Å². The molecule has 190 valence electrons. The van der Waals surface area contributed by atoms with E-state index in [-0.39, 0.29) is 24.5 Å². The maximum atomic E-state index is 13.5. The molecule has 2 atom stereocenters. The highest BCUT2D eigenvalue weighted by Gasteiger charge is 2.51. The van der Waals surface area contributed by atoms with Crippen molar-refractivity contribution in [3.05, 3.63) is 58.7 Å². The molecule has 0 radical (unpaired) electrons. The quantitative estimate of drug-likeness (QED) is 0.340. The average molecular weight is 489 g/mol. The number of hydrogen-bond acceptors (Lipinski definition) is 6. The van der Waals surface area contributed by atoms with Crippen LogP contribution >= 0.6 is 0 Å². The van der Waals surface area contributed by atoms with E-state index in [1.54, 1.807) is 4.52 Å². The van der Waals surface area contributed by atoms with Crippen molar-refractivity contribution in [1.82, 2.24) is 19.6 Å². The number of esters is 1. The number of nitrogens with zero attached hydrogens (tertiary/aromatic N) is 4. The van der Waals surface area contributed by atoms with E-state index in [0.717, 1.165) is 43.5 Å². The second kappa shape index (κ2) is 9.75.